The molecule has 1 N–H and O–H groups in total. The summed E-state index contributed by atoms with van der Waals surface area (Å²) in [5.41, 5.74) is 1.14. The first-order chi connectivity index (χ1) is 8.69. The third kappa shape index (κ3) is 3.45. The number of nitrogens with one attached hydrogen (secondary N) is 1. The molecule has 0 aromatic carbocycles. The van der Waals surface area contributed by atoms with Crippen LogP contribution in [0.25, 0.3) is 0 Å². The van der Waals surface area contributed by atoms with Crippen LogP contribution in [-0.2, 0) is 11.3 Å². The molecule has 1 aliphatic rings. The van der Waals surface area contributed by atoms with Gasteiger partial charge in [0.25, 0.3) is 0 Å². The van der Waals surface area contributed by atoms with Gasteiger partial charge in [-0.15, -0.1) is 0 Å². The lowest BCUT2D eigenvalue weighted by atomic mass is 9.82. The van der Waals surface area contributed by atoms with Gasteiger partial charge in [0.1, 0.15) is 5.82 Å². The molecular formula is C15H24N2O. The van der Waals surface area contributed by atoms with E-state index in [1.165, 1.54) is 19.3 Å². The van der Waals surface area contributed by atoms with E-state index in [-0.39, 0.29) is 0 Å². The molecule has 2 atom stereocenters. The van der Waals surface area contributed by atoms with E-state index in [0.717, 1.165) is 23.2 Å². The molecule has 0 bridgehead atoms. The topological polar surface area (TPSA) is 34.2 Å². The third-order valence-electron chi connectivity index (χ3n) is 3.74. The van der Waals surface area contributed by atoms with Gasteiger partial charge in [0.2, 0.25) is 0 Å². The van der Waals surface area contributed by atoms with Gasteiger partial charge >= 0.3 is 0 Å². The largest absolute Gasteiger partial charge is 0.373 e. The SMILES string of the molecule is CNc1ncccc1COC1CC(C)CC(C)C1. The van der Waals surface area contributed by atoms with Crippen LogP contribution in [-0.4, -0.2) is 18.1 Å². The van der Waals surface area contributed by atoms with Crippen molar-refractivity contribution in [3.8, 4) is 0 Å². The molecule has 3 nitrogen and oxygen atoms in total. The van der Waals surface area contributed by atoms with Crippen molar-refractivity contribution in [3.63, 3.8) is 0 Å². The molecule has 1 aromatic heterocycles. The lowest BCUT2D eigenvalue weighted by molar-refractivity contribution is -0.00901. The van der Waals surface area contributed by atoms with Crippen molar-refractivity contribution in [2.45, 2.75) is 45.8 Å². The maximum Gasteiger partial charge on any atom is 0.131 e. The number of pyridine rings is 1. The van der Waals surface area contributed by atoms with Gasteiger partial charge in [0, 0.05) is 18.8 Å². The van der Waals surface area contributed by atoms with Gasteiger partial charge in [0.15, 0.2) is 0 Å². The van der Waals surface area contributed by atoms with E-state index in [1.807, 2.05) is 13.1 Å². The van der Waals surface area contributed by atoms with Crippen LogP contribution in [0.5, 0.6) is 0 Å². The molecule has 1 aliphatic carbocycles. The van der Waals surface area contributed by atoms with Gasteiger partial charge in [-0.05, 0) is 37.2 Å². The Morgan fingerprint density at radius 2 is 2.00 bits per heavy atom. The zero-order chi connectivity index (χ0) is 13.0. The van der Waals surface area contributed by atoms with Gasteiger partial charge in [-0.25, -0.2) is 4.98 Å². The molecule has 2 unspecified atom stereocenters. The number of anilines is 1. The van der Waals surface area contributed by atoms with E-state index in [2.05, 4.69) is 30.2 Å². The smallest absolute Gasteiger partial charge is 0.131 e. The molecule has 1 aromatic rings. The van der Waals surface area contributed by atoms with E-state index in [9.17, 15) is 0 Å². The van der Waals surface area contributed by atoms with Crippen LogP contribution < -0.4 is 5.32 Å². The summed E-state index contributed by atoms with van der Waals surface area (Å²) in [7, 11) is 1.90. The second kappa shape index (κ2) is 6.19. The molecule has 100 valence electrons. The molecular weight excluding hydrogens is 224 g/mol. The highest BCUT2D eigenvalue weighted by atomic mass is 16.5. The number of rotatable bonds is 4. The minimum absolute atomic E-state index is 0.411. The standard InChI is InChI=1S/C15H24N2O/c1-11-7-12(2)9-14(8-11)18-10-13-5-4-6-17-15(13)16-3/h4-6,11-12,14H,7-10H2,1-3H3,(H,16,17). The fourth-order valence-electron chi connectivity index (χ4n) is 3.00. The van der Waals surface area contributed by atoms with E-state index < -0.39 is 0 Å². The average molecular weight is 248 g/mol. The van der Waals surface area contributed by atoms with Gasteiger partial charge in [-0.1, -0.05) is 19.9 Å². The maximum absolute atomic E-state index is 6.07. The van der Waals surface area contributed by atoms with E-state index in [4.69, 9.17) is 4.74 Å². The molecule has 0 aliphatic heterocycles. The van der Waals surface area contributed by atoms with Crippen LogP contribution in [0.15, 0.2) is 18.3 Å². The quantitative estimate of drug-likeness (QED) is 0.886. The van der Waals surface area contributed by atoms with Crippen molar-refractivity contribution in [1.29, 1.82) is 0 Å². The number of hydrogen-bond acceptors (Lipinski definition) is 3. The van der Waals surface area contributed by atoms with E-state index in [0.29, 0.717) is 12.7 Å². The van der Waals surface area contributed by atoms with Crippen LogP contribution in [0.3, 0.4) is 0 Å². The Labute approximate surface area is 110 Å². The molecule has 0 spiro atoms. The average Bonchev–Trinajstić information content (AvgIpc) is 2.35. The Balaban J connectivity index is 1.91. The number of hydrogen-bond donors (Lipinski definition) is 1. The third-order valence-corrected chi connectivity index (χ3v) is 3.74. The fraction of sp³-hybridized carbons (Fsp3) is 0.667. The summed E-state index contributed by atoms with van der Waals surface area (Å²) in [6, 6.07) is 4.04. The molecule has 0 saturated heterocycles. The lowest BCUT2D eigenvalue weighted by Crippen LogP contribution is -2.26. The minimum atomic E-state index is 0.411. The summed E-state index contributed by atoms with van der Waals surface area (Å²) >= 11 is 0. The fourth-order valence-corrected chi connectivity index (χ4v) is 3.00. The Bertz CT molecular complexity index is 371. The molecule has 2 rings (SSSR count). The zero-order valence-electron chi connectivity index (χ0n) is 11.6. The van der Waals surface area contributed by atoms with Crippen molar-refractivity contribution in [2.75, 3.05) is 12.4 Å². The second-order valence-corrected chi connectivity index (χ2v) is 5.61. The summed E-state index contributed by atoms with van der Waals surface area (Å²) in [5.74, 6) is 2.50. The number of aromatic nitrogens is 1. The Morgan fingerprint density at radius 1 is 1.28 bits per heavy atom. The summed E-state index contributed by atoms with van der Waals surface area (Å²) < 4.78 is 6.07. The normalized spacial score (nSPS) is 28.1. The van der Waals surface area contributed by atoms with Crippen LogP contribution in [0.1, 0.15) is 38.7 Å². The van der Waals surface area contributed by atoms with Gasteiger partial charge in [-0.3, -0.25) is 0 Å². The van der Waals surface area contributed by atoms with Crippen LogP contribution >= 0.6 is 0 Å². The second-order valence-electron chi connectivity index (χ2n) is 5.61. The van der Waals surface area contributed by atoms with Crippen LogP contribution in [0.4, 0.5) is 5.82 Å². The highest BCUT2D eigenvalue weighted by Crippen LogP contribution is 2.31. The summed E-state index contributed by atoms with van der Waals surface area (Å²) in [4.78, 5) is 4.30. The molecule has 0 radical (unpaired) electrons. The lowest BCUT2D eigenvalue weighted by Gasteiger charge is -2.31. The first kappa shape index (κ1) is 13.3. The van der Waals surface area contributed by atoms with Gasteiger partial charge < -0.3 is 10.1 Å². The highest BCUT2D eigenvalue weighted by molar-refractivity contribution is 5.42. The van der Waals surface area contributed by atoms with E-state index >= 15 is 0 Å². The molecule has 1 heterocycles. The predicted molar refractivity (Wildman–Crippen MR) is 74.5 cm³/mol. The van der Waals surface area contributed by atoms with Crippen molar-refractivity contribution in [1.82, 2.24) is 4.98 Å². The monoisotopic (exact) mass is 248 g/mol. The molecule has 0 amide bonds. The highest BCUT2D eigenvalue weighted by Gasteiger charge is 2.24. The van der Waals surface area contributed by atoms with E-state index in [1.54, 1.807) is 6.20 Å². The first-order valence-electron chi connectivity index (χ1n) is 6.92. The van der Waals surface area contributed by atoms with Crippen molar-refractivity contribution in [2.24, 2.45) is 11.8 Å². The molecule has 1 fully saturated rings. The number of ether oxygens (including phenoxy) is 1. The minimum Gasteiger partial charge on any atom is -0.373 e. The molecule has 1 saturated carbocycles. The Morgan fingerprint density at radius 3 is 2.67 bits per heavy atom. The van der Waals surface area contributed by atoms with Gasteiger partial charge in [-0.2, -0.15) is 0 Å². The predicted octanol–water partition coefficient (Wildman–Crippen LogP) is 3.46. The number of nitrogens with zero attached hydrogens (tertiary/aromatic N) is 1. The summed E-state index contributed by atoms with van der Waals surface area (Å²) in [6.07, 6.45) is 5.95. The Hall–Kier alpha value is -1.09. The summed E-state index contributed by atoms with van der Waals surface area (Å²) in [6.45, 7) is 5.32. The summed E-state index contributed by atoms with van der Waals surface area (Å²) in [5, 5.41) is 3.11. The van der Waals surface area contributed by atoms with Crippen molar-refractivity contribution in [3.05, 3.63) is 23.9 Å². The Kier molecular flexibility index (Phi) is 4.59. The van der Waals surface area contributed by atoms with Gasteiger partial charge in [0.05, 0.1) is 12.7 Å². The molecule has 18 heavy (non-hydrogen) atoms. The van der Waals surface area contributed by atoms with Crippen LogP contribution in [0, 0.1) is 11.8 Å². The molecule has 3 heteroatoms. The maximum atomic E-state index is 6.07. The van der Waals surface area contributed by atoms with Crippen LogP contribution in [0.2, 0.25) is 0 Å². The van der Waals surface area contributed by atoms with Crippen molar-refractivity contribution >= 4 is 5.82 Å². The van der Waals surface area contributed by atoms with Crippen molar-refractivity contribution < 1.29 is 4.74 Å². The zero-order valence-corrected chi connectivity index (χ0v) is 11.6. The first-order valence-corrected chi connectivity index (χ1v) is 6.92.